The summed E-state index contributed by atoms with van der Waals surface area (Å²) >= 11 is 16.9. The number of benzene rings is 2. The molecule has 116 valence electrons. The molecule has 0 unspecified atom stereocenters. The first-order valence-electron chi connectivity index (χ1n) is 6.01. The fourth-order valence-corrected chi connectivity index (χ4v) is 1.93. The Morgan fingerprint density at radius 2 is 1.68 bits per heavy atom. The molecule has 0 aliphatic heterocycles. The predicted octanol–water partition coefficient (Wildman–Crippen LogP) is 6.11. The smallest absolute Gasteiger partial charge is 0.138 e. The van der Waals surface area contributed by atoms with Gasteiger partial charge in [0.2, 0.25) is 0 Å². The molecule has 2 nitrogen and oxygen atoms in total. The first-order valence-corrected chi connectivity index (χ1v) is 7.15. The van der Waals surface area contributed by atoms with Gasteiger partial charge in [-0.2, -0.15) is 0 Å². The van der Waals surface area contributed by atoms with Crippen LogP contribution in [0.15, 0.2) is 47.0 Å². The molecule has 7 heteroatoms. The zero-order valence-electron chi connectivity index (χ0n) is 11.0. The van der Waals surface area contributed by atoms with E-state index in [1.165, 1.54) is 12.1 Å². The first kappa shape index (κ1) is 16.9. The van der Waals surface area contributed by atoms with Gasteiger partial charge in [0.15, 0.2) is 0 Å². The third-order valence-corrected chi connectivity index (χ3v) is 3.06. The van der Waals surface area contributed by atoms with Crippen molar-refractivity contribution in [1.82, 2.24) is 0 Å². The number of rotatable bonds is 5. The monoisotopic (exact) mass is 364 g/mol. The molecule has 0 saturated carbocycles. The molecule has 2 aromatic carbocycles. The van der Waals surface area contributed by atoms with Crippen LogP contribution in [0, 0.1) is 11.6 Å². The first-order chi connectivity index (χ1) is 10.4. The summed E-state index contributed by atoms with van der Waals surface area (Å²) in [6.45, 7) is 0.150. The summed E-state index contributed by atoms with van der Waals surface area (Å²) in [4.78, 5) is 0. The van der Waals surface area contributed by atoms with Crippen molar-refractivity contribution >= 4 is 34.8 Å². The number of ether oxygens (including phenoxy) is 2. The Hall–Kier alpha value is -1.49. The van der Waals surface area contributed by atoms with E-state index >= 15 is 0 Å². The van der Waals surface area contributed by atoms with Crippen LogP contribution in [0.1, 0.15) is 0 Å². The van der Waals surface area contributed by atoms with Crippen molar-refractivity contribution < 1.29 is 18.3 Å². The lowest BCUT2D eigenvalue weighted by atomic mass is 10.3. The van der Waals surface area contributed by atoms with E-state index in [-0.39, 0.29) is 21.9 Å². The highest BCUT2D eigenvalue weighted by molar-refractivity contribution is 6.55. The lowest BCUT2D eigenvalue weighted by molar-refractivity contribution is 0.362. The quantitative estimate of drug-likeness (QED) is 0.636. The van der Waals surface area contributed by atoms with Gasteiger partial charge >= 0.3 is 0 Å². The van der Waals surface area contributed by atoms with Crippen molar-refractivity contribution in [2.45, 2.75) is 0 Å². The largest absolute Gasteiger partial charge is 0.488 e. The van der Waals surface area contributed by atoms with Crippen molar-refractivity contribution in [2.75, 3.05) is 6.61 Å². The Bertz CT molecular complexity index is 681. The van der Waals surface area contributed by atoms with Crippen LogP contribution in [0.5, 0.6) is 17.2 Å². The highest BCUT2D eigenvalue weighted by atomic mass is 35.5. The number of halogens is 5. The summed E-state index contributed by atoms with van der Waals surface area (Å²) in [7, 11) is 0. The van der Waals surface area contributed by atoms with Crippen molar-refractivity contribution in [3.05, 3.63) is 63.6 Å². The highest BCUT2D eigenvalue weighted by Gasteiger charge is 2.07. The van der Waals surface area contributed by atoms with Gasteiger partial charge in [0, 0.05) is 24.3 Å². The van der Waals surface area contributed by atoms with Gasteiger partial charge in [0.05, 0.1) is 5.02 Å². The van der Waals surface area contributed by atoms with Crippen LogP contribution in [-0.4, -0.2) is 6.61 Å². The van der Waals surface area contributed by atoms with Crippen molar-refractivity contribution in [3.8, 4) is 17.2 Å². The topological polar surface area (TPSA) is 18.5 Å². The van der Waals surface area contributed by atoms with Crippen LogP contribution >= 0.6 is 34.8 Å². The molecule has 0 aliphatic rings. The number of hydrogen-bond acceptors (Lipinski definition) is 2. The molecule has 0 heterocycles. The lowest BCUT2D eigenvalue weighted by Gasteiger charge is -2.09. The van der Waals surface area contributed by atoms with Crippen molar-refractivity contribution in [1.29, 1.82) is 0 Å². The van der Waals surface area contributed by atoms with Gasteiger partial charge in [-0.1, -0.05) is 34.8 Å². The fourth-order valence-electron chi connectivity index (χ4n) is 1.58. The van der Waals surface area contributed by atoms with E-state index in [1.807, 2.05) is 0 Å². The Balaban J connectivity index is 2.10. The molecule has 0 saturated heterocycles. The van der Waals surface area contributed by atoms with E-state index in [0.29, 0.717) is 11.5 Å². The van der Waals surface area contributed by atoms with E-state index in [4.69, 9.17) is 44.3 Å². The minimum absolute atomic E-state index is 0.0269. The predicted molar refractivity (Wildman–Crippen MR) is 83.2 cm³/mol. The zero-order valence-corrected chi connectivity index (χ0v) is 13.2. The molecule has 0 N–H and O–H groups in total. The maximum Gasteiger partial charge on any atom is 0.138 e. The maximum absolute atomic E-state index is 13.1. The van der Waals surface area contributed by atoms with E-state index < -0.39 is 11.6 Å². The van der Waals surface area contributed by atoms with E-state index in [0.717, 1.165) is 18.2 Å². The van der Waals surface area contributed by atoms with E-state index in [2.05, 4.69) is 0 Å². The molecule has 2 rings (SSSR count). The summed E-state index contributed by atoms with van der Waals surface area (Å²) < 4.78 is 36.9. The number of hydrogen-bond donors (Lipinski definition) is 0. The summed E-state index contributed by atoms with van der Waals surface area (Å²) in [6.07, 6.45) is 1.46. The second-order valence-corrected chi connectivity index (χ2v) is 5.52. The average Bonchev–Trinajstić information content (AvgIpc) is 2.39. The summed E-state index contributed by atoms with van der Waals surface area (Å²) in [5.41, 5.74) is 0. The standard InChI is InChI=1S/C15H9Cl3F2O2/c16-13-8-11(1-2-14(13)21-4-3-15(17)18)22-12-6-9(19)5-10(20)7-12/h1-3,5-8H,4H2. The van der Waals surface area contributed by atoms with Crippen LogP contribution in [0.3, 0.4) is 0 Å². The molecule has 2 aromatic rings. The minimum atomic E-state index is -0.731. The maximum atomic E-state index is 13.1. The van der Waals surface area contributed by atoms with Gasteiger partial charge in [-0.15, -0.1) is 0 Å². The van der Waals surface area contributed by atoms with Crippen LogP contribution in [0.4, 0.5) is 8.78 Å². The average molecular weight is 366 g/mol. The Labute approximate surface area is 140 Å². The molecule has 0 spiro atoms. The van der Waals surface area contributed by atoms with Crippen LogP contribution in [0.25, 0.3) is 0 Å². The van der Waals surface area contributed by atoms with Gasteiger partial charge in [-0.25, -0.2) is 8.78 Å². The Morgan fingerprint density at radius 1 is 1.00 bits per heavy atom. The van der Waals surface area contributed by atoms with Crippen molar-refractivity contribution in [2.24, 2.45) is 0 Å². The fraction of sp³-hybridized carbons (Fsp3) is 0.0667. The zero-order chi connectivity index (χ0) is 16.1. The second kappa shape index (κ2) is 7.68. The van der Waals surface area contributed by atoms with Gasteiger partial charge in [-0.05, 0) is 18.2 Å². The summed E-state index contributed by atoms with van der Waals surface area (Å²) in [5, 5.41) is 0.272. The van der Waals surface area contributed by atoms with Gasteiger partial charge in [0.25, 0.3) is 0 Å². The normalized spacial score (nSPS) is 10.2. The van der Waals surface area contributed by atoms with Gasteiger partial charge < -0.3 is 9.47 Å². The molecule has 0 fully saturated rings. The molecule has 0 aromatic heterocycles. The highest BCUT2D eigenvalue weighted by Crippen LogP contribution is 2.31. The molecule has 0 amide bonds. The molecule has 22 heavy (non-hydrogen) atoms. The molecule has 0 aliphatic carbocycles. The van der Waals surface area contributed by atoms with Gasteiger partial charge in [0.1, 0.15) is 40.0 Å². The minimum Gasteiger partial charge on any atom is -0.488 e. The summed E-state index contributed by atoms with van der Waals surface area (Å²) in [6, 6.07) is 7.46. The van der Waals surface area contributed by atoms with Crippen LogP contribution in [-0.2, 0) is 0 Å². The Kier molecular flexibility index (Phi) is 5.89. The SMILES string of the molecule is Fc1cc(F)cc(Oc2ccc(OCC=C(Cl)Cl)c(Cl)c2)c1. The summed E-state index contributed by atoms with van der Waals surface area (Å²) in [5.74, 6) is -0.728. The molecular formula is C15H9Cl3F2O2. The third kappa shape index (κ3) is 5.05. The van der Waals surface area contributed by atoms with Gasteiger partial charge in [-0.3, -0.25) is 0 Å². The molecule has 0 bridgehead atoms. The molecular weight excluding hydrogens is 357 g/mol. The second-order valence-electron chi connectivity index (χ2n) is 4.10. The molecule has 0 atom stereocenters. The lowest BCUT2D eigenvalue weighted by Crippen LogP contribution is -1.95. The van der Waals surface area contributed by atoms with Crippen molar-refractivity contribution in [3.63, 3.8) is 0 Å². The van der Waals surface area contributed by atoms with Crippen LogP contribution in [0.2, 0.25) is 5.02 Å². The molecule has 0 radical (unpaired) electrons. The Morgan fingerprint density at radius 3 is 2.27 bits per heavy atom. The van der Waals surface area contributed by atoms with Crippen LogP contribution < -0.4 is 9.47 Å². The van der Waals surface area contributed by atoms with E-state index in [1.54, 1.807) is 12.1 Å². The van der Waals surface area contributed by atoms with E-state index in [9.17, 15) is 8.78 Å². The third-order valence-electron chi connectivity index (χ3n) is 2.45.